The quantitative estimate of drug-likeness (QED) is 0.0764. The molecule has 0 rings (SSSR count). The first kappa shape index (κ1) is 50.7. The van der Waals surface area contributed by atoms with Gasteiger partial charge in [0, 0.05) is 27.9 Å². The van der Waals surface area contributed by atoms with Crippen LogP contribution in [0, 0.1) is 0 Å². The number of hydrogen-bond donors (Lipinski definition) is 0. The standard InChI is InChI=1S/C9H16O2.C8H14O2.C7H12O2.C6H10O2.C5H8O2/c1-4-5-6-7-11-9(10)8(2)3;1-4-5-6-10-8(9)7(2)3;1-4-5-9-7(8)6(2)3;1-4-8-6(7)5(2)3;1-4(2)5(6)7-3/h2,4-7H2,1,3H3;2,4-6H2,1,3H3;2,4-5H2,1,3H3;2,4H2,1,3H3;1H2,2-3H3. The number of rotatable bonds is 15. The van der Waals surface area contributed by atoms with Gasteiger partial charge in [-0.25, -0.2) is 24.0 Å². The maximum atomic E-state index is 10.8. The van der Waals surface area contributed by atoms with Crippen LogP contribution in [0.15, 0.2) is 60.8 Å². The molecule has 0 saturated heterocycles. The van der Waals surface area contributed by atoms with Crippen LogP contribution in [0.2, 0.25) is 0 Å². The van der Waals surface area contributed by atoms with E-state index in [-0.39, 0.29) is 29.8 Å². The van der Waals surface area contributed by atoms with Crippen molar-refractivity contribution in [2.75, 3.05) is 33.5 Å². The summed E-state index contributed by atoms with van der Waals surface area (Å²) in [6, 6.07) is 0. The molecule has 10 heteroatoms. The van der Waals surface area contributed by atoms with Crippen LogP contribution in [0.1, 0.15) is 101 Å². The van der Waals surface area contributed by atoms with E-state index in [9.17, 15) is 24.0 Å². The molecule has 0 aliphatic carbocycles. The Kier molecular flexibility index (Phi) is 40.8. The number of carbonyl (C=O) groups is 5. The Morgan fingerprint density at radius 2 is 0.733 bits per heavy atom. The van der Waals surface area contributed by atoms with Crippen LogP contribution in [-0.2, 0) is 47.7 Å². The molecule has 0 aromatic rings. The predicted molar refractivity (Wildman–Crippen MR) is 180 cm³/mol. The summed E-state index contributed by atoms with van der Waals surface area (Å²) in [5.74, 6) is -1.51. The summed E-state index contributed by atoms with van der Waals surface area (Å²) in [6.45, 7) is 35.1. The van der Waals surface area contributed by atoms with Crippen molar-refractivity contribution in [2.45, 2.75) is 101 Å². The Bertz CT molecular complexity index is 929. The summed E-state index contributed by atoms with van der Waals surface area (Å²) in [6.07, 6.45) is 6.05. The second-order valence-corrected chi connectivity index (χ2v) is 9.58. The second kappa shape index (κ2) is 36.2. The Morgan fingerprint density at radius 3 is 0.956 bits per heavy atom. The molecule has 0 aliphatic heterocycles. The normalized spacial score (nSPS) is 8.67. The first-order valence-electron chi connectivity index (χ1n) is 15.0. The largest absolute Gasteiger partial charge is 0.466 e. The van der Waals surface area contributed by atoms with Gasteiger partial charge in [0.05, 0.1) is 33.5 Å². The third-order valence-electron chi connectivity index (χ3n) is 4.35. The fourth-order valence-corrected chi connectivity index (χ4v) is 1.82. The van der Waals surface area contributed by atoms with E-state index >= 15 is 0 Å². The van der Waals surface area contributed by atoms with Crippen molar-refractivity contribution in [2.24, 2.45) is 0 Å². The summed E-state index contributed by atoms with van der Waals surface area (Å²) in [5.41, 5.74) is 2.29. The highest BCUT2D eigenvalue weighted by Crippen LogP contribution is 1.98. The van der Waals surface area contributed by atoms with E-state index < -0.39 is 0 Å². The molecule has 0 bridgehead atoms. The van der Waals surface area contributed by atoms with Crippen molar-refractivity contribution in [1.29, 1.82) is 0 Å². The number of methoxy groups -OCH3 is 1. The van der Waals surface area contributed by atoms with Crippen LogP contribution in [0.25, 0.3) is 0 Å². The van der Waals surface area contributed by atoms with Crippen molar-refractivity contribution in [3.8, 4) is 0 Å². The summed E-state index contributed by atoms with van der Waals surface area (Å²) in [7, 11) is 1.33. The van der Waals surface area contributed by atoms with E-state index in [1.807, 2.05) is 6.92 Å². The molecular formula is C35H60O10. The van der Waals surface area contributed by atoms with Gasteiger partial charge in [-0.05, 0) is 60.8 Å². The fraction of sp³-hybridized carbons (Fsp3) is 0.571. The van der Waals surface area contributed by atoms with Gasteiger partial charge in [0.2, 0.25) is 0 Å². The molecule has 0 radical (unpaired) electrons. The number of unbranched alkanes of at least 4 members (excludes halogenated alkanes) is 3. The molecule has 0 N–H and O–H groups in total. The highest BCUT2D eigenvalue weighted by atomic mass is 16.5. The van der Waals surface area contributed by atoms with Crippen LogP contribution >= 0.6 is 0 Å². The first-order valence-corrected chi connectivity index (χ1v) is 15.0. The lowest BCUT2D eigenvalue weighted by atomic mass is 10.3. The van der Waals surface area contributed by atoms with Crippen molar-refractivity contribution < 1.29 is 47.7 Å². The molecule has 0 atom stereocenters. The van der Waals surface area contributed by atoms with E-state index in [2.05, 4.69) is 56.2 Å². The lowest BCUT2D eigenvalue weighted by Crippen LogP contribution is -2.05. The van der Waals surface area contributed by atoms with Crippen LogP contribution in [0.5, 0.6) is 0 Å². The van der Waals surface area contributed by atoms with Gasteiger partial charge < -0.3 is 23.7 Å². The molecule has 10 nitrogen and oxygen atoms in total. The third kappa shape index (κ3) is 44.6. The zero-order valence-electron chi connectivity index (χ0n) is 29.7. The average Bonchev–Trinajstić information content (AvgIpc) is 2.98. The SMILES string of the molecule is C=C(C)C(=O)OC.C=C(C)C(=O)OCC.C=C(C)C(=O)OCCC.C=C(C)C(=O)OCCCC.C=C(C)C(=O)OCCCCC. The Hall–Kier alpha value is -3.95. The monoisotopic (exact) mass is 640 g/mol. The molecule has 0 aromatic heterocycles. The van der Waals surface area contributed by atoms with Crippen LogP contribution in [0.3, 0.4) is 0 Å². The van der Waals surface area contributed by atoms with E-state index in [4.69, 9.17) is 14.2 Å². The van der Waals surface area contributed by atoms with Gasteiger partial charge >= 0.3 is 29.8 Å². The number of carbonyl (C=O) groups excluding carboxylic acids is 5. The molecular weight excluding hydrogens is 580 g/mol. The Balaban J connectivity index is -0.000000149. The number of hydrogen-bond acceptors (Lipinski definition) is 10. The van der Waals surface area contributed by atoms with Gasteiger partial charge in [-0.1, -0.05) is 72.9 Å². The molecule has 0 aromatic carbocycles. The van der Waals surface area contributed by atoms with Crippen LogP contribution < -0.4 is 0 Å². The van der Waals surface area contributed by atoms with Gasteiger partial charge in [0.25, 0.3) is 0 Å². The average molecular weight is 641 g/mol. The van der Waals surface area contributed by atoms with E-state index in [0.29, 0.717) is 54.3 Å². The Morgan fingerprint density at radius 1 is 0.422 bits per heavy atom. The van der Waals surface area contributed by atoms with E-state index in [1.54, 1.807) is 41.5 Å². The van der Waals surface area contributed by atoms with Crippen molar-refractivity contribution in [3.05, 3.63) is 60.8 Å². The summed E-state index contributed by atoms with van der Waals surface area (Å²) in [5, 5.41) is 0. The zero-order valence-corrected chi connectivity index (χ0v) is 29.7. The lowest BCUT2D eigenvalue weighted by molar-refractivity contribution is -0.139. The smallest absolute Gasteiger partial charge is 0.333 e. The highest BCUT2D eigenvalue weighted by Gasteiger charge is 2.02. The second-order valence-electron chi connectivity index (χ2n) is 9.58. The molecule has 0 fully saturated rings. The Labute approximate surface area is 272 Å². The summed E-state index contributed by atoms with van der Waals surface area (Å²) >= 11 is 0. The topological polar surface area (TPSA) is 132 Å². The minimum Gasteiger partial charge on any atom is -0.466 e. The maximum absolute atomic E-state index is 10.8. The number of ether oxygens (including phenoxy) is 5. The van der Waals surface area contributed by atoms with E-state index in [0.717, 1.165) is 38.5 Å². The zero-order chi connectivity index (χ0) is 36.4. The van der Waals surface area contributed by atoms with Gasteiger partial charge in [0.1, 0.15) is 0 Å². The minimum atomic E-state index is -0.347. The van der Waals surface area contributed by atoms with Gasteiger partial charge in [0.15, 0.2) is 0 Å². The molecule has 0 unspecified atom stereocenters. The molecule has 260 valence electrons. The molecule has 0 aliphatic rings. The molecule has 45 heavy (non-hydrogen) atoms. The van der Waals surface area contributed by atoms with Crippen molar-refractivity contribution >= 4 is 29.8 Å². The third-order valence-corrected chi connectivity index (χ3v) is 4.35. The van der Waals surface area contributed by atoms with Gasteiger partial charge in [-0.3, -0.25) is 0 Å². The fourth-order valence-electron chi connectivity index (χ4n) is 1.82. The van der Waals surface area contributed by atoms with Gasteiger partial charge in [-0.2, -0.15) is 0 Å². The van der Waals surface area contributed by atoms with Crippen molar-refractivity contribution in [1.82, 2.24) is 0 Å². The molecule has 0 amide bonds. The molecule has 0 saturated carbocycles. The minimum absolute atomic E-state index is 0.277. The highest BCUT2D eigenvalue weighted by molar-refractivity contribution is 5.88. The summed E-state index contributed by atoms with van der Waals surface area (Å²) in [4.78, 5) is 52.7. The molecule has 0 spiro atoms. The molecule has 0 heterocycles. The predicted octanol–water partition coefficient (Wildman–Crippen LogP) is 7.58. The van der Waals surface area contributed by atoms with Crippen molar-refractivity contribution in [3.63, 3.8) is 0 Å². The van der Waals surface area contributed by atoms with E-state index in [1.165, 1.54) is 7.11 Å². The van der Waals surface area contributed by atoms with Crippen LogP contribution in [0.4, 0.5) is 0 Å². The van der Waals surface area contributed by atoms with Gasteiger partial charge in [-0.15, -0.1) is 0 Å². The lowest BCUT2D eigenvalue weighted by Gasteiger charge is -2.02. The summed E-state index contributed by atoms with van der Waals surface area (Å²) < 4.78 is 23.2. The number of esters is 5. The first-order chi connectivity index (χ1) is 20.9. The maximum Gasteiger partial charge on any atom is 0.333 e. The van der Waals surface area contributed by atoms with Crippen LogP contribution in [-0.4, -0.2) is 63.4 Å².